The van der Waals surface area contributed by atoms with E-state index in [0.717, 1.165) is 12.1 Å². The molecule has 0 bridgehead atoms. The maximum Gasteiger partial charge on any atom is 0.417 e. The normalized spacial score (nSPS) is 10.8. The van der Waals surface area contributed by atoms with Crippen molar-refractivity contribution in [1.29, 1.82) is 0 Å². The maximum absolute atomic E-state index is 12.1. The van der Waals surface area contributed by atoms with Crippen molar-refractivity contribution in [1.82, 2.24) is 10.4 Å². The predicted molar refractivity (Wildman–Crippen MR) is 46.0 cm³/mol. The topological polar surface area (TPSA) is 94.1 Å². The predicted octanol–water partition coefficient (Wildman–Crippen LogP) is -0.707. The molecule has 92 valence electrons. The summed E-state index contributed by atoms with van der Waals surface area (Å²) in [5, 5.41) is 9.97. The molecule has 1 aromatic rings. The van der Waals surface area contributed by atoms with Gasteiger partial charge in [-0.25, -0.2) is 4.98 Å². The van der Waals surface area contributed by atoms with Crippen LogP contribution in [0.5, 0.6) is 0 Å². The van der Waals surface area contributed by atoms with Crippen LogP contribution in [0.2, 0.25) is 0 Å². The largest absolute Gasteiger partial charge is 0.540 e. The van der Waals surface area contributed by atoms with Gasteiger partial charge in [0.05, 0.1) is 5.56 Å². The average Bonchev–Trinajstić information content (AvgIpc) is 2.25. The van der Waals surface area contributed by atoms with Crippen LogP contribution in [0.15, 0.2) is 18.3 Å². The summed E-state index contributed by atoms with van der Waals surface area (Å²) in [6.07, 6.45) is -3.98. The molecule has 1 rings (SSSR count). The van der Waals surface area contributed by atoms with E-state index in [1.807, 2.05) is 5.43 Å². The van der Waals surface area contributed by atoms with Gasteiger partial charge in [0.2, 0.25) is 0 Å². The van der Waals surface area contributed by atoms with Gasteiger partial charge in [-0.15, -0.1) is 0 Å². The van der Waals surface area contributed by atoms with Crippen LogP contribution in [0.4, 0.5) is 19.0 Å². The van der Waals surface area contributed by atoms with Gasteiger partial charge in [0.1, 0.15) is 11.8 Å². The number of anilines is 1. The number of aromatic nitrogens is 1. The highest BCUT2D eigenvalue weighted by Crippen LogP contribution is 2.28. The number of amides is 1. The van der Waals surface area contributed by atoms with Crippen molar-refractivity contribution in [2.75, 3.05) is 5.43 Å². The van der Waals surface area contributed by atoms with Crippen LogP contribution in [0.1, 0.15) is 5.56 Å². The van der Waals surface area contributed by atoms with E-state index in [9.17, 15) is 27.9 Å². The molecule has 0 aliphatic rings. The highest BCUT2D eigenvalue weighted by molar-refractivity contribution is 6.30. The molecule has 6 nitrogen and oxygen atoms in total. The third-order valence-electron chi connectivity index (χ3n) is 1.58. The first-order chi connectivity index (χ1) is 7.80. The molecule has 0 saturated carbocycles. The van der Waals surface area contributed by atoms with E-state index >= 15 is 0 Å². The second-order valence-electron chi connectivity index (χ2n) is 2.80. The van der Waals surface area contributed by atoms with Gasteiger partial charge in [0.25, 0.3) is 5.91 Å². The molecular formula is C8H5F3N3O3-. The zero-order valence-corrected chi connectivity index (χ0v) is 8.04. The number of nitrogens with one attached hydrogen (secondary N) is 2. The van der Waals surface area contributed by atoms with Crippen LogP contribution in [-0.2, 0) is 15.8 Å². The summed E-state index contributed by atoms with van der Waals surface area (Å²) < 4.78 is 36.4. The molecule has 0 aromatic carbocycles. The summed E-state index contributed by atoms with van der Waals surface area (Å²) in [6, 6.07) is 1.65. The van der Waals surface area contributed by atoms with Crippen molar-refractivity contribution < 1.29 is 27.9 Å². The number of alkyl halides is 3. The van der Waals surface area contributed by atoms with Crippen LogP contribution in [-0.4, -0.2) is 16.9 Å². The fraction of sp³-hybridized carbons (Fsp3) is 0.125. The zero-order chi connectivity index (χ0) is 13.1. The molecule has 1 aromatic heterocycles. The van der Waals surface area contributed by atoms with Gasteiger partial charge >= 0.3 is 6.18 Å². The number of aliphatic carboxylic acids is 1. The van der Waals surface area contributed by atoms with Crippen LogP contribution < -0.4 is 16.0 Å². The minimum Gasteiger partial charge on any atom is -0.540 e. The lowest BCUT2D eigenvalue weighted by molar-refractivity contribution is -0.300. The number of hydrazine groups is 1. The lowest BCUT2D eigenvalue weighted by Crippen LogP contribution is -2.43. The van der Waals surface area contributed by atoms with E-state index in [2.05, 4.69) is 4.98 Å². The Morgan fingerprint density at radius 2 is 1.94 bits per heavy atom. The van der Waals surface area contributed by atoms with Crippen LogP contribution >= 0.6 is 0 Å². The van der Waals surface area contributed by atoms with Gasteiger partial charge in [-0.05, 0) is 12.1 Å². The van der Waals surface area contributed by atoms with Gasteiger partial charge in [0.15, 0.2) is 0 Å². The molecule has 0 fully saturated rings. The van der Waals surface area contributed by atoms with E-state index < -0.39 is 23.6 Å². The monoisotopic (exact) mass is 248 g/mol. The molecule has 0 aliphatic heterocycles. The zero-order valence-electron chi connectivity index (χ0n) is 8.04. The molecule has 1 heterocycles. The summed E-state index contributed by atoms with van der Waals surface area (Å²) >= 11 is 0. The van der Waals surface area contributed by atoms with Gasteiger partial charge in [-0.3, -0.25) is 15.6 Å². The van der Waals surface area contributed by atoms with E-state index in [-0.39, 0.29) is 5.82 Å². The molecule has 2 N–H and O–H groups in total. The number of pyridine rings is 1. The van der Waals surface area contributed by atoms with Crippen molar-refractivity contribution in [3.05, 3.63) is 23.9 Å². The fourth-order valence-electron chi connectivity index (χ4n) is 0.807. The highest BCUT2D eigenvalue weighted by Gasteiger charge is 2.30. The number of carbonyl (C=O) groups is 2. The lowest BCUT2D eigenvalue weighted by atomic mass is 10.3. The third kappa shape index (κ3) is 3.63. The van der Waals surface area contributed by atoms with E-state index in [0.29, 0.717) is 6.20 Å². The molecule has 1 amide bonds. The third-order valence-corrected chi connectivity index (χ3v) is 1.58. The quantitative estimate of drug-likeness (QED) is 0.532. The first-order valence-electron chi connectivity index (χ1n) is 4.11. The Morgan fingerprint density at radius 1 is 1.29 bits per heavy atom. The van der Waals surface area contributed by atoms with Crippen molar-refractivity contribution in [3.8, 4) is 0 Å². The van der Waals surface area contributed by atoms with Crippen molar-refractivity contribution in [2.24, 2.45) is 0 Å². The molecular weight excluding hydrogens is 243 g/mol. The number of halogens is 3. The summed E-state index contributed by atoms with van der Waals surface area (Å²) in [7, 11) is 0. The molecule has 0 unspecified atom stereocenters. The second kappa shape index (κ2) is 4.68. The maximum atomic E-state index is 12.1. The van der Waals surface area contributed by atoms with Crippen molar-refractivity contribution in [2.45, 2.75) is 6.18 Å². The molecule has 0 atom stereocenters. The molecule has 17 heavy (non-hydrogen) atoms. The Hall–Kier alpha value is -2.32. The SMILES string of the molecule is O=C([O-])C(=O)NNc1ccc(C(F)(F)F)cn1. The first kappa shape index (κ1) is 12.7. The average molecular weight is 248 g/mol. The number of carbonyl (C=O) groups excluding carboxylic acids is 2. The Bertz CT molecular complexity index is 430. The first-order valence-corrected chi connectivity index (χ1v) is 4.11. The van der Waals surface area contributed by atoms with E-state index in [1.54, 1.807) is 5.43 Å². The Morgan fingerprint density at radius 3 is 2.35 bits per heavy atom. The minimum atomic E-state index is -4.51. The molecule has 0 spiro atoms. The van der Waals surface area contributed by atoms with Crippen LogP contribution in [0.3, 0.4) is 0 Å². The van der Waals surface area contributed by atoms with Crippen LogP contribution in [0.25, 0.3) is 0 Å². The summed E-state index contributed by atoms with van der Waals surface area (Å²) in [4.78, 5) is 23.8. The number of hydrogen-bond donors (Lipinski definition) is 2. The second-order valence-corrected chi connectivity index (χ2v) is 2.80. The Kier molecular flexibility index (Phi) is 3.51. The van der Waals surface area contributed by atoms with Gasteiger partial charge in [-0.2, -0.15) is 13.2 Å². The molecule has 0 radical (unpaired) electrons. The number of hydrogen-bond acceptors (Lipinski definition) is 5. The van der Waals surface area contributed by atoms with E-state index in [1.165, 1.54) is 0 Å². The van der Waals surface area contributed by atoms with Crippen LogP contribution in [0, 0.1) is 0 Å². The van der Waals surface area contributed by atoms with E-state index in [4.69, 9.17) is 0 Å². The highest BCUT2D eigenvalue weighted by atomic mass is 19.4. The summed E-state index contributed by atoms with van der Waals surface area (Å²) in [5.41, 5.74) is 2.70. The minimum absolute atomic E-state index is 0.146. The number of carboxylic acid groups (broad SMARTS) is 1. The number of rotatable bonds is 2. The number of carboxylic acids is 1. The van der Waals surface area contributed by atoms with Crippen molar-refractivity contribution >= 4 is 17.7 Å². The van der Waals surface area contributed by atoms with Gasteiger partial charge < -0.3 is 9.90 Å². The Labute approximate surface area is 92.4 Å². The Balaban J connectivity index is 2.63. The van der Waals surface area contributed by atoms with Gasteiger partial charge in [-0.1, -0.05) is 0 Å². The lowest BCUT2D eigenvalue weighted by Gasteiger charge is -2.09. The summed E-state index contributed by atoms with van der Waals surface area (Å²) in [6.45, 7) is 0. The molecule has 0 aliphatic carbocycles. The smallest absolute Gasteiger partial charge is 0.417 e. The van der Waals surface area contributed by atoms with Crippen molar-refractivity contribution in [3.63, 3.8) is 0 Å². The molecule has 9 heteroatoms. The standard InChI is InChI=1S/C8H6F3N3O3/c9-8(10,11)4-1-2-5(12-3-4)13-14-6(15)7(16)17/h1-3H,(H,12,13)(H,14,15)(H,16,17)/p-1. The number of nitrogens with zero attached hydrogens (tertiary/aromatic N) is 1. The summed E-state index contributed by atoms with van der Waals surface area (Å²) in [5.74, 6) is -3.59. The fourth-order valence-corrected chi connectivity index (χ4v) is 0.807. The molecule has 0 saturated heterocycles. The van der Waals surface area contributed by atoms with Gasteiger partial charge in [0, 0.05) is 6.20 Å².